The van der Waals surface area contributed by atoms with E-state index in [0.717, 1.165) is 31.5 Å². The molecule has 1 aliphatic heterocycles. The standard InChI is InChI=1S/C14H20N6O2S/c1-18-8-10(13(17-18)22-3)12-15-16-14(19(12)2)23-9-11(21)20-6-4-5-7-20/h8H,4-7,9H2,1-3H3. The Labute approximate surface area is 138 Å². The number of rotatable bonds is 5. The molecule has 0 aromatic carbocycles. The summed E-state index contributed by atoms with van der Waals surface area (Å²) >= 11 is 1.41. The van der Waals surface area contributed by atoms with Crippen LogP contribution in [0.2, 0.25) is 0 Å². The van der Waals surface area contributed by atoms with Gasteiger partial charge in [-0.25, -0.2) is 0 Å². The lowest BCUT2D eigenvalue weighted by Gasteiger charge is -2.14. The van der Waals surface area contributed by atoms with E-state index in [1.54, 1.807) is 11.8 Å². The van der Waals surface area contributed by atoms with Crippen LogP contribution in [0, 0.1) is 0 Å². The first kappa shape index (κ1) is 15.9. The number of thioether (sulfide) groups is 1. The summed E-state index contributed by atoms with van der Waals surface area (Å²) in [6.45, 7) is 1.74. The maximum Gasteiger partial charge on any atom is 0.243 e. The van der Waals surface area contributed by atoms with Gasteiger partial charge in [-0.05, 0) is 12.8 Å². The minimum atomic E-state index is 0.163. The maximum absolute atomic E-state index is 12.1. The van der Waals surface area contributed by atoms with Gasteiger partial charge in [0.25, 0.3) is 0 Å². The highest BCUT2D eigenvalue weighted by atomic mass is 32.2. The van der Waals surface area contributed by atoms with Crippen molar-refractivity contribution in [3.05, 3.63) is 6.20 Å². The first-order valence-electron chi connectivity index (χ1n) is 7.48. The number of nitrogens with zero attached hydrogens (tertiary/aromatic N) is 6. The molecule has 1 saturated heterocycles. The Hall–Kier alpha value is -2.03. The molecule has 0 aliphatic carbocycles. The number of aryl methyl sites for hydroxylation is 1. The van der Waals surface area contributed by atoms with E-state index in [1.165, 1.54) is 11.8 Å². The van der Waals surface area contributed by atoms with Gasteiger partial charge in [-0.3, -0.25) is 9.48 Å². The van der Waals surface area contributed by atoms with E-state index in [4.69, 9.17) is 4.74 Å². The lowest BCUT2D eigenvalue weighted by atomic mass is 10.3. The fraction of sp³-hybridized carbons (Fsp3) is 0.571. The number of aromatic nitrogens is 5. The molecule has 0 saturated carbocycles. The molecule has 124 valence electrons. The second kappa shape index (κ2) is 6.61. The van der Waals surface area contributed by atoms with E-state index in [9.17, 15) is 4.79 Å². The SMILES string of the molecule is COc1nn(C)cc1-c1nnc(SCC(=O)N2CCCC2)n1C. The van der Waals surface area contributed by atoms with Crippen molar-refractivity contribution < 1.29 is 9.53 Å². The molecule has 0 atom stereocenters. The van der Waals surface area contributed by atoms with Crippen LogP contribution >= 0.6 is 11.8 Å². The van der Waals surface area contributed by atoms with E-state index in [2.05, 4.69) is 15.3 Å². The molecule has 1 fully saturated rings. The molecule has 0 radical (unpaired) electrons. The second-order valence-electron chi connectivity index (χ2n) is 5.47. The number of carbonyl (C=O) groups is 1. The summed E-state index contributed by atoms with van der Waals surface area (Å²) in [6.07, 6.45) is 4.04. The fourth-order valence-corrected chi connectivity index (χ4v) is 3.45. The predicted molar refractivity (Wildman–Crippen MR) is 86.3 cm³/mol. The lowest BCUT2D eigenvalue weighted by Crippen LogP contribution is -2.29. The maximum atomic E-state index is 12.1. The Bertz CT molecular complexity index is 704. The molecule has 1 amide bonds. The van der Waals surface area contributed by atoms with Gasteiger partial charge in [-0.2, -0.15) is 0 Å². The van der Waals surface area contributed by atoms with Gasteiger partial charge < -0.3 is 14.2 Å². The number of likely N-dealkylation sites (tertiary alicyclic amines) is 1. The highest BCUT2D eigenvalue weighted by Crippen LogP contribution is 2.29. The van der Waals surface area contributed by atoms with Gasteiger partial charge in [-0.1, -0.05) is 11.8 Å². The first-order valence-corrected chi connectivity index (χ1v) is 8.46. The van der Waals surface area contributed by atoms with Crippen molar-refractivity contribution in [1.82, 2.24) is 29.4 Å². The molecule has 0 spiro atoms. The zero-order chi connectivity index (χ0) is 16.4. The Morgan fingerprint density at radius 1 is 1.30 bits per heavy atom. The predicted octanol–water partition coefficient (Wildman–Crippen LogP) is 0.939. The van der Waals surface area contributed by atoms with Gasteiger partial charge in [0.05, 0.1) is 12.9 Å². The van der Waals surface area contributed by atoms with E-state index in [0.29, 0.717) is 22.6 Å². The summed E-state index contributed by atoms with van der Waals surface area (Å²) in [5.74, 6) is 1.73. The minimum absolute atomic E-state index is 0.163. The number of hydrogen-bond donors (Lipinski definition) is 0. The lowest BCUT2D eigenvalue weighted by molar-refractivity contribution is -0.127. The summed E-state index contributed by atoms with van der Waals surface area (Å²) in [5, 5.41) is 13.3. The van der Waals surface area contributed by atoms with Crippen LogP contribution in [0.3, 0.4) is 0 Å². The van der Waals surface area contributed by atoms with Gasteiger partial charge in [0.1, 0.15) is 5.56 Å². The number of ether oxygens (including phenoxy) is 1. The first-order chi connectivity index (χ1) is 11.1. The number of methoxy groups -OCH3 is 1. The molecule has 3 heterocycles. The minimum Gasteiger partial charge on any atom is -0.479 e. The third-order valence-corrected chi connectivity index (χ3v) is 4.85. The molecular weight excluding hydrogens is 316 g/mol. The van der Waals surface area contributed by atoms with Crippen LogP contribution in [0.15, 0.2) is 11.4 Å². The largest absolute Gasteiger partial charge is 0.479 e. The molecule has 3 rings (SSSR count). The van der Waals surface area contributed by atoms with Crippen LogP contribution in [0.4, 0.5) is 0 Å². The highest BCUT2D eigenvalue weighted by Gasteiger charge is 2.21. The van der Waals surface area contributed by atoms with E-state index >= 15 is 0 Å². The van der Waals surface area contributed by atoms with E-state index in [-0.39, 0.29) is 5.91 Å². The quantitative estimate of drug-likeness (QED) is 0.756. The zero-order valence-electron chi connectivity index (χ0n) is 13.5. The van der Waals surface area contributed by atoms with E-state index in [1.807, 2.05) is 29.8 Å². The molecule has 8 nitrogen and oxygen atoms in total. The van der Waals surface area contributed by atoms with Crippen molar-refractivity contribution >= 4 is 17.7 Å². The highest BCUT2D eigenvalue weighted by molar-refractivity contribution is 7.99. The molecule has 1 aliphatic rings. The second-order valence-corrected chi connectivity index (χ2v) is 6.41. The van der Waals surface area contributed by atoms with Crippen LogP contribution < -0.4 is 4.74 Å². The molecule has 2 aromatic heterocycles. The van der Waals surface area contributed by atoms with Crippen molar-refractivity contribution in [3.8, 4) is 17.3 Å². The zero-order valence-corrected chi connectivity index (χ0v) is 14.3. The number of amides is 1. The van der Waals surface area contributed by atoms with Crippen LogP contribution in [-0.2, 0) is 18.9 Å². The Morgan fingerprint density at radius 2 is 2.04 bits per heavy atom. The molecule has 23 heavy (non-hydrogen) atoms. The Kier molecular flexibility index (Phi) is 4.56. The van der Waals surface area contributed by atoms with Gasteiger partial charge in [0, 0.05) is 33.4 Å². The summed E-state index contributed by atoms with van der Waals surface area (Å²) in [5.41, 5.74) is 0.780. The van der Waals surface area contributed by atoms with Crippen LogP contribution in [-0.4, -0.2) is 61.3 Å². The van der Waals surface area contributed by atoms with Gasteiger partial charge >= 0.3 is 0 Å². The van der Waals surface area contributed by atoms with Crippen LogP contribution in [0.5, 0.6) is 5.88 Å². The average molecular weight is 336 g/mol. The van der Waals surface area contributed by atoms with Crippen molar-refractivity contribution in [2.24, 2.45) is 14.1 Å². The summed E-state index contributed by atoms with van der Waals surface area (Å²) in [6, 6.07) is 0. The Balaban J connectivity index is 1.72. The van der Waals surface area contributed by atoms with Crippen LogP contribution in [0.25, 0.3) is 11.4 Å². The normalized spacial score (nSPS) is 14.5. The van der Waals surface area contributed by atoms with E-state index < -0.39 is 0 Å². The summed E-state index contributed by atoms with van der Waals surface area (Å²) in [4.78, 5) is 14.0. The average Bonchev–Trinajstić information content (AvgIpc) is 3.25. The molecular formula is C14H20N6O2S. The van der Waals surface area contributed by atoms with Crippen molar-refractivity contribution in [1.29, 1.82) is 0 Å². The van der Waals surface area contributed by atoms with Crippen molar-refractivity contribution in [2.45, 2.75) is 18.0 Å². The number of carbonyl (C=O) groups excluding carboxylic acids is 1. The van der Waals surface area contributed by atoms with Crippen LogP contribution in [0.1, 0.15) is 12.8 Å². The summed E-state index contributed by atoms with van der Waals surface area (Å²) in [7, 11) is 5.28. The molecule has 2 aromatic rings. The topological polar surface area (TPSA) is 78.1 Å². The van der Waals surface area contributed by atoms with Gasteiger partial charge in [0.15, 0.2) is 11.0 Å². The summed E-state index contributed by atoms with van der Waals surface area (Å²) < 4.78 is 8.81. The third kappa shape index (κ3) is 3.19. The molecule has 0 bridgehead atoms. The smallest absolute Gasteiger partial charge is 0.243 e. The third-order valence-electron chi connectivity index (χ3n) is 3.85. The van der Waals surface area contributed by atoms with Crippen molar-refractivity contribution in [2.75, 3.05) is 26.0 Å². The number of hydrogen-bond acceptors (Lipinski definition) is 6. The fourth-order valence-electron chi connectivity index (χ4n) is 2.63. The van der Waals surface area contributed by atoms with Gasteiger partial charge in [-0.15, -0.1) is 15.3 Å². The molecule has 0 unspecified atom stereocenters. The monoisotopic (exact) mass is 336 g/mol. The molecule has 0 N–H and O–H groups in total. The van der Waals surface area contributed by atoms with Gasteiger partial charge in [0.2, 0.25) is 11.8 Å². The molecule has 9 heteroatoms. The Morgan fingerprint density at radius 3 is 2.74 bits per heavy atom. The van der Waals surface area contributed by atoms with Crippen molar-refractivity contribution in [3.63, 3.8) is 0 Å².